The lowest BCUT2D eigenvalue weighted by molar-refractivity contribution is -0.128. The fourth-order valence-corrected chi connectivity index (χ4v) is 2.24. The third kappa shape index (κ3) is 2.67. The van der Waals surface area contributed by atoms with E-state index >= 15 is 0 Å². The van der Waals surface area contributed by atoms with E-state index in [0.717, 1.165) is 0 Å². The maximum absolute atomic E-state index is 12.6. The second kappa shape index (κ2) is 3.84. The van der Waals surface area contributed by atoms with Crippen LogP contribution in [-0.4, -0.2) is 37.6 Å². The molecule has 0 aromatic heterocycles. The number of likely N-dealkylation sites (tertiary alicyclic amines) is 1. The Balaban J connectivity index is 2.65. The first-order valence-corrected chi connectivity index (χ1v) is 5.96. The maximum atomic E-state index is 12.6. The molecule has 0 bridgehead atoms. The van der Waals surface area contributed by atoms with E-state index in [0.29, 0.717) is 6.54 Å². The first-order valence-electron chi connectivity index (χ1n) is 4.52. The summed E-state index contributed by atoms with van der Waals surface area (Å²) in [6.07, 6.45) is -0.217. The number of rotatable bonds is 3. The van der Waals surface area contributed by atoms with Crippen LogP contribution < -0.4 is 0 Å². The minimum atomic E-state index is -4.57. The average molecular weight is 223 g/mol. The first-order chi connectivity index (χ1) is 6.30. The highest BCUT2D eigenvalue weighted by molar-refractivity contribution is 7.87. The van der Waals surface area contributed by atoms with Crippen LogP contribution in [0.25, 0.3) is 0 Å². The summed E-state index contributed by atoms with van der Waals surface area (Å²) in [4.78, 5) is 12.7. The lowest BCUT2D eigenvalue weighted by Gasteiger charge is -2.17. The molecule has 1 amide bonds. The van der Waals surface area contributed by atoms with Gasteiger partial charge in [-0.15, -0.1) is 3.89 Å². The summed E-state index contributed by atoms with van der Waals surface area (Å²) in [5, 5.41) is -1.16. The number of carbonyl (C=O) groups is 1. The Hall–Kier alpha value is -0.650. The van der Waals surface area contributed by atoms with Crippen molar-refractivity contribution in [2.45, 2.75) is 25.5 Å². The Morgan fingerprint density at radius 3 is 2.50 bits per heavy atom. The molecule has 1 unspecified atom stereocenters. The van der Waals surface area contributed by atoms with Gasteiger partial charge in [0.05, 0.1) is 0 Å². The van der Waals surface area contributed by atoms with Crippen molar-refractivity contribution in [2.24, 2.45) is 5.92 Å². The molecule has 1 aliphatic rings. The number of nitrogens with zero attached hydrogens (tertiary/aromatic N) is 1. The van der Waals surface area contributed by atoms with Crippen molar-refractivity contribution in [2.75, 3.05) is 13.1 Å². The van der Waals surface area contributed by atoms with Crippen LogP contribution in [0.4, 0.5) is 3.89 Å². The van der Waals surface area contributed by atoms with Crippen molar-refractivity contribution in [3.63, 3.8) is 0 Å². The average Bonchev–Trinajstić information content (AvgIpc) is 2.30. The van der Waals surface area contributed by atoms with Crippen LogP contribution in [0.15, 0.2) is 0 Å². The normalized spacial score (nSPS) is 23.6. The Morgan fingerprint density at radius 1 is 1.57 bits per heavy atom. The molecule has 1 heterocycles. The predicted molar refractivity (Wildman–Crippen MR) is 49.9 cm³/mol. The maximum Gasteiger partial charge on any atom is 0.307 e. The molecule has 0 aliphatic carbocycles. The highest BCUT2D eigenvalue weighted by Gasteiger charge is 2.38. The number of halogens is 1. The van der Waals surface area contributed by atoms with E-state index in [4.69, 9.17) is 0 Å². The van der Waals surface area contributed by atoms with Crippen molar-refractivity contribution in [3.05, 3.63) is 0 Å². The van der Waals surface area contributed by atoms with E-state index in [9.17, 15) is 17.1 Å². The van der Waals surface area contributed by atoms with Gasteiger partial charge in [0.25, 0.3) is 0 Å². The number of hydrogen-bond donors (Lipinski definition) is 0. The Labute approximate surface area is 83.3 Å². The quantitative estimate of drug-likeness (QED) is 0.656. The van der Waals surface area contributed by atoms with Crippen LogP contribution in [-0.2, 0) is 15.0 Å². The smallest absolute Gasteiger partial charge is 0.307 e. The van der Waals surface area contributed by atoms with E-state index in [1.54, 1.807) is 0 Å². The molecule has 1 fully saturated rings. The van der Waals surface area contributed by atoms with Gasteiger partial charge in [-0.2, -0.15) is 8.42 Å². The summed E-state index contributed by atoms with van der Waals surface area (Å²) in [6.45, 7) is 4.33. The molecule has 1 atom stereocenters. The van der Waals surface area contributed by atoms with E-state index in [1.165, 1.54) is 4.90 Å². The molecule has 0 aromatic rings. The molecule has 82 valence electrons. The van der Waals surface area contributed by atoms with Crippen LogP contribution in [0, 0.1) is 5.92 Å². The van der Waals surface area contributed by atoms with Crippen molar-refractivity contribution < 1.29 is 17.1 Å². The van der Waals surface area contributed by atoms with Gasteiger partial charge in [0, 0.05) is 19.5 Å². The third-order valence-electron chi connectivity index (χ3n) is 2.16. The summed E-state index contributed by atoms with van der Waals surface area (Å²) >= 11 is 0. The minimum absolute atomic E-state index is 0.00412. The minimum Gasteiger partial charge on any atom is -0.341 e. The number of amides is 1. The van der Waals surface area contributed by atoms with Crippen LogP contribution >= 0.6 is 0 Å². The second-order valence-corrected chi connectivity index (χ2v) is 5.61. The molecule has 14 heavy (non-hydrogen) atoms. The summed E-state index contributed by atoms with van der Waals surface area (Å²) in [6, 6.07) is 0. The molecule has 1 rings (SSSR count). The number of hydrogen-bond acceptors (Lipinski definition) is 3. The standard InChI is InChI=1S/C8H14FNO3S/c1-6(2)4-10-5-7(3-8(10)11)14(9,12)13/h6-7H,3-5H2,1-2H3. The molecule has 0 radical (unpaired) electrons. The lowest BCUT2D eigenvalue weighted by atomic mass is 10.2. The zero-order valence-electron chi connectivity index (χ0n) is 8.23. The summed E-state index contributed by atoms with van der Waals surface area (Å²) in [7, 11) is -4.57. The molecule has 1 aliphatic heterocycles. The molecule has 4 nitrogen and oxygen atoms in total. The van der Waals surface area contributed by atoms with Crippen molar-refractivity contribution >= 4 is 16.1 Å². The summed E-state index contributed by atoms with van der Waals surface area (Å²) in [5.74, 6) is -0.00931. The molecule has 0 saturated carbocycles. The van der Waals surface area contributed by atoms with Crippen LogP contribution in [0.5, 0.6) is 0 Å². The van der Waals surface area contributed by atoms with Crippen LogP contribution in [0.1, 0.15) is 20.3 Å². The van der Waals surface area contributed by atoms with Gasteiger partial charge in [-0.3, -0.25) is 4.79 Å². The fourth-order valence-electron chi connectivity index (χ4n) is 1.54. The molecular weight excluding hydrogens is 209 g/mol. The molecular formula is C8H14FNO3S. The highest BCUT2D eigenvalue weighted by atomic mass is 32.3. The van der Waals surface area contributed by atoms with Crippen molar-refractivity contribution in [3.8, 4) is 0 Å². The van der Waals surface area contributed by atoms with E-state index in [2.05, 4.69) is 0 Å². The van der Waals surface area contributed by atoms with Crippen LogP contribution in [0.3, 0.4) is 0 Å². The zero-order chi connectivity index (χ0) is 10.9. The third-order valence-corrected chi connectivity index (χ3v) is 3.27. The predicted octanol–water partition coefficient (Wildman–Crippen LogP) is 0.543. The van der Waals surface area contributed by atoms with Crippen LogP contribution in [0.2, 0.25) is 0 Å². The molecule has 1 saturated heterocycles. The molecule has 0 spiro atoms. The first kappa shape index (κ1) is 11.4. The Kier molecular flexibility index (Phi) is 3.14. The Bertz CT molecular complexity index is 325. The zero-order valence-corrected chi connectivity index (χ0v) is 9.05. The largest absolute Gasteiger partial charge is 0.341 e. The summed E-state index contributed by atoms with van der Waals surface area (Å²) in [5.41, 5.74) is 0. The van der Waals surface area contributed by atoms with Crippen molar-refractivity contribution in [1.29, 1.82) is 0 Å². The Morgan fingerprint density at radius 2 is 2.14 bits per heavy atom. The van der Waals surface area contributed by atoms with Gasteiger partial charge in [-0.1, -0.05) is 13.8 Å². The summed E-state index contributed by atoms with van der Waals surface area (Å²) < 4.78 is 33.7. The van der Waals surface area contributed by atoms with E-state index < -0.39 is 15.5 Å². The monoisotopic (exact) mass is 223 g/mol. The molecule has 6 heteroatoms. The lowest BCUT2D eigenvalue weighted by Crippen LogP contribution is -2.30. The number of carbonyl (C=O) groups excluding carboxylic acids is 1. The fraction of sp³-hybridized carbons (Fsp3) is 0.875. The van der Waals surface area contributed by atoms with Crippen molar-refractivity contribution in [1.82, 2.24) is 4.90 Å². The molecule has 0 aromatic carbocycles. The van der Waals surface area contributed by atoms with Gasteiger partial charge in [0.1, 0.15) is 5.25 Å². The van der Waals surface area contributed by atoms with Gasteiger partial charge in [-0.05, 0) is 5.92 Å². The second-order valence-electron chi connectivity index (χ2n) is 3.99. The van der Waals surface area contributed by atoms with E-state index in [-0.39, 0.29) is 24.8 Å². The van der Waals surface area contributed by atoms with Gasteiger partial charge in [-0.25, -0.2) is 0 Å². The molecule has 0 N–H and O–H groups in total. The van der Waals surface area contributed by atoms with Gasteiger partial charge >= 0.3 is 10.2 Å². The van der Waals surface area contributed by atoms with Gasteiger partial charge in [0.15, 0.2) is 0 Å². The highest BCUT2D eigenvalue weighted by Crippen LogP contribution is 2.20. The van der Waals surface area contributed by atoms with Gasteiger partial charge in [0.2, 0.25) is 5.91 Å². The SMILES string of the molecule is CC(C)CN1CC(S(=O)(=O)F)CC1=O. The topological polar surface area (TPSA) is 54.5 Å². The van der Waals surface area contributed by atoms with Gasteiger partial charge < -0.3 is 4.90 Å². The van der Waals surface area contributed by atoms with E-state index in [1.807, 2.05) is 13.8 Å².